The fraction of sp³-hybridized carbons (Fsp3) is 0.310. The molecule has 0 N–H and O–H groups in total. The summed E-state index contributed by atoms with van der Waals surface area (Å²) >= 11 is 0. The molecule has 4 aromatic heterocycles. The maximum atomic E-state index is 4.84. The minimum Gasteiger partial charge on any atom is -0.306 e. The highest BCUT2D eigenvalue weighted by Gasteiger charge is 2.26. The van der Waals surface area contributed by atoms with E-state index < -0.39 is 0 Å². The van der Waals surface area contributed by atoms with E-state index in [1.54, 1.807) is 0 Å². The summed E-state index contributed by atoms with van der Waals surface area (Å²) < 4.78 is 4.82. The van der Waals surface area contributed by atoms with Crippen molar-refractivity contribution in [2.45, 2.75) is 46.0 Å². The van der Waals surface area contributed by atoms with Crippen molar-refractivity contribution >= 4 is 49.1 Å². The number of aromatic nitrogens is 3. The molecule has 0 atom stereocenters. The van der Waals surface area contributed by atoms with Gasteiger partial charge in [0, 0.05) is 17.6 Å². The van der Waals surface area contributed by atoms with Crippen LogP contribution >= 0.6 is 0 Å². The molecule has 1 aliphatic carbocycles. The van der Waals surface area contributed by atoms with Crippen molar-refractivity contribution in [1.29, 1.82) is 0 Å². The smallest absolute Gasteiger partial charge is 0.224 e. The summed E-state index contributed by atoms with van der Waals surface area (Å²) in [6.45, 7) is 4.51. The molecular weight excluding hydrogens is 390 g/mol. The van der Waals surface area contributed by atoms with Crippen molar-refractivity contribution in [1.82, 2.24) is 9.38 Å². The van der Waals surface area contributed by atoms with Crippen molar-refractivity contribution in [3.63, 3.8) is 0 Å². The fourth-order valence-electron chi connectivity index (χ4n) is 6.45. The monoisotopic (exact) mass is 418 g/mol. The quantitative estimate of drug-likeness (QED) is 0.177. The van der Waals surface area contributed by atoms with Gasteiger partial charge in [-0.25, -0.2) is 4.57 Å². The van der Waals surface area contributed by atoms with Gasteiger partial charge in [-0.05, 0) is 72.5 Å². The normalized spacial score (nSPS) is 15.5. The van der Waals surface area contributed by atoms with Crippen LogP contribution in [0.1, 0.15) is 42.4 Å². The molecule has 0 spiro atoms. The second-order valence-corrected chi connectivity index (χ2v) is 10.0. The molecule has 158 valence electrons. The van der Waals surface area contributed by atoms with Crippen LogP contribution in [0, 0.1) is 19.8 Å². The maximum absolute atomic E-state index is 4.84. The minimum absolute atomic E-state index is 0.836. The van der Waals surface area contributed by atoms with E-state index in [0.717, 1.165) is 11.4 Å². The van der Waals surface area contributed by atoms with Gasteiger partial charge < -0.3 is 4.40 Å². The molecule has 7 rings (SSSR count). The average Bonchev–Trinajstić information content (AvgIpc) is 3.42. The molecule has 1 aliphatic rings. The Labute approximate surface area is 187 Å². The third kappa shape index (κ3) is 2.31. The third-order valence-electron chi connectivity index (χ3n) is 8.08. The van der Waals surface area contributed by atoms with Gasteiger partial charge in [-0.1, -0.05) is 31.7 Å². The van der Waals surface area contributed by atoms with Crippen LogP contribution in [0.25, 0.3) is 49.1 Å². The van der Waals surface area contributed by atoms with E-state index in [-0.39, 0.29) is 0 Å². The Hall–Kier alpha value is -3.20. The summed E-state index contributed by atoms with van der Waals surface area (Å²) in [5.41, 5.74) is 10.5. The summed E-state index contributed by atoms with van der Waals surface area (Å²) in [4.78, 5) is 4.84. The van der Waals surface area contributed by atoms with E-state index in [1.807, 2.05) is 6.20 Å². The molecule has 1 fully saturated rings. The first-order chi connectivity index (χ1) is 15.6. The Bertz CT molecular complexity index is 1680. The Morgan fingerprint density at radius 3 is 2.72 bits per heavy atom. The molecule has 3 heteroatoms. The van der Waals surface area contributed by atoms with Crippen LogP contribution < -0.4 is 4.57 Å². The Balaban J connectivity index is 1.75. The SMILES string of the molecule is Cc1cc2c3ncccc3n3c4cc(CC5CCCC5)cc5cc[n+](C)c(c(c1C)c23)c54. The zero-order valence-electron chi connectivity index (χ0n) is 19.1. The molecule has 32 heavy (non-hydrogen) atoms. The van der Waals surface area contributed by atoms with Crippen LogP contribution in [0.5, 0.6) is 0 Å². The largest absolute Gasteiger partial charge is 0.306 e. The molecule has 6 aromatic rings. The predicted molar refractivity (Wildman–Crippen MR) is 133 cm³/mol. The van der Waals surface area contributed by atoms with Crippen LogP contribution in [0.2, 0.25) is 0 Å². The number of hydrogen-bond acceptors (Lipinski definition) is 1. The van der Waals surface area contributed by atoms with Crippen molar-refractivity contribution in [3.8, 4) is 0 Å². The lowest BCUT2D eigenvalue weighted by Crippen LogP contribution is -2.29. The van der Waals surface area contributed by atoms with Gasteiger partial charge in [-0.15, -0.1) is 0 Å². The first-order valence-electron chi connectivity index (χ1n) is 12.0. The van der Waals surface area contributed by atoms with Crippen LogP contribution in [0.15, 0.2) is 48.8 Å². The molecule has 0 amide bonds. The van der Waals surface area contributed by atoms with Gasteiger partial charge in [0.05, 0.1) is 32.8 Å². The van der Waals surface area contributed by atoms with Crippen molar-refractivity contribution in [3.05, 3.63) is 65.5 Å². The molecule has 0 aliphatic heterocycles. The Morgan fingerprint density at radius 2 is 1.88 bits per heavy atom. The lowest BCUT2D eigenvalue weighted by molar-refractivity contribution is -0.643. The molecule has 0 radical (unpaired) electrons. The lowest BCUT2D eigenvalue weighted by Gasteiger charge is -2.16. The topological polar surface area (TPSA) is 21.2 Å². The highest BCUT2D eigenvalue weighted by Crippen LogP contribution is 2.41. The van der Waals surface area contributed by atoms with Crippen LogP contribution in [0.3, 0.4) is 0 Å². The van der Waals surface area contributed by atoms with Crippen LogP contribution in [-0.4, -0.2) is 9.38 Å². The van der Waals surface area contributed by atoms with E-state index >= 15 is 0 Å². The van der Waals surface area contributed by atoms with E-state index in [2.05, 4.69) is 72.5 Å². The predicted octanol–water partition coefficient (Wildman–Crippen LogP) is 6.56. The molecular formula is C29H28N3+. The zero-order chi connectivity index (χ0) is 21.6. The van der Waals surface area contributed by atoms with Crippen LogP contribution in [0.4, 0.5) is 0 Å². The summed E-state index contributed by atoms with van der Waals surface area (Å²) in [5.74, 6) is 0.836. The molecule has 0 saturated heterocycles. The lowest BCUT2D eigenvalue weighted by atomic mass is 9.93. The summed E-state index contributed by atoms with van der Waals surface area (Å²) in [6.07, 6.45) is 10.9. The van der Waals surface area contributed by atoms with Gasteiger partial charge in [0.15, 0.2) is 6.20 Å². The molecule has 2 aromatic carbocycles. The average molecular weight is 419 g/mol. The molecule has 0 bridgehead atoms. The van der Waals surface area contributed by atoms with Crippen molar-refractivity contribution < 1.29 is 4.57 Å². The fourth-order valence-corrected chi connectivity index (χ4v) is 6.45. The summed E-state index contributed by atoms with van der Waals surface area (Å²) in [5, 5.41) is 5.35. The number of pyridine rings is 3. The van der Waals surface area contributed by atoms with Gasteiger partial charge >= 0.3 is 0 Å². The van der Waals surface area contributed by atoms with Crippen LogP contribution in [-0.2, 0) is 13.5 Å². The van der Waals surface area contributed by atoms with Crippen molar-refractivity contribution in [2.24, 2.45) is 13.0 Å². The highest BCUT2D eigenvalue weighted by atomic mass is 15.0. The standard InChI is InChI=1S/C29H28N3/c1-17-13-22-27-23(9-6-11-30-27)32-24-16-20(14-19-7-4-5-8-19)15-21-10-12-31(3)29(26(21)24)25(18(17)2)28(22)32/h6,9-13,15-16,19H,4-5,7-8,14H2,1-3H3/q+1. The number of fused-ring (bicyclic) bond motifs is 5. The van der Waals surface area contributed by atoms with E-state index in [0.29, 0.717) is 0 Å². The minimum atomic E-state index is 0.836. The van der Waals surface area contributed by atoms with Gasteiger partial charge in [-0.2, -0.15) is 0 Å². The number of rotatable bonds is 2. The molecule has 1 saturated carbocycles. The molecule has 3 nitrogen and oxygen atoms in total. The number of hydrogen-bond donors (Lipinski definition) is 0. The van der Waals surface area contributed by atoms with E-state index in [9.17, 15) is 0 Å². The maximum Gasteiger partial charge on any atom is 0.224 e. The van der Waals surface area contributed by atoms with E-state index in [4.69, 9.17) is 4.98 Å². The molecule has 0 unspecified atom stereocenters. The van der Waals surface area contributed by atoms with Crippen molar-refractivity contribution in [2.75, 3.05) is 0 Å². The number of aryl methyl sites for hydroxylation is 3. The second kappa shape index (κ2) is 6.41. The Morgan fingerprint density at radius 1 is 1.03 bits per heavy atom. The van der Waals surface area contributed by atoms with Gasteiger partial charge in [0.25, 0.3) is 0 Å². The number of benzene rings is 2. The van der Waals surface area contributed by atoms with Gasteiger partial charge in [0.1, 0.15) is 7.05 Å². The first kappa shape index (κ1) is 18.4. The number of nitrogens with zero attached hydrogens (tertiary/aromatic N) is 3. The second-order valence-electron chi connectivity index (χ2n) is 10.0. The summed E-state index contributed by atoms with van der Waals surface area (Å²) in [6, 6.07) is 13.9. The molecule has 4 heterocycles. The van der Waals surface area contributed by atoms with E-state index in [1.165, 1.54) is 92.4 Å². The zero-order valence-corrected chi connectivity index (χ0v) is 19.1. The Kier molecular flexibility index (Phi) is 3.68. The summed E-state index contributed by atoms with van der Waals surface area (Å²) in [7, 11) is 2.19. The van der Waals surface area contributed by atoms with Gasteiger partial charge in [0.2, 0.25) is 5.52 Å². The highest BCUT2D eigenvalue weighted by molar-refractivity contribution is 6.25. The third-order valence-corrected chi connectivity index (χ3v) is 8.08. The first-order valence-corrected chi connectivity index (χ1v) is 12.0. The van der Waals surface area contributed by atoms with Gasteiger partial charge in [-0.3, -0.25) is 4.98 Å².